The predicted molar refractivity (Wildman–Crippen MR) is 84.7 cm³/mol. The molecule has 22 heavy (non-hydrogen) atoms. The van der Waals surface area contributed by atoms with Crippen molar-refractivity contribution in [3.8, 4) is 0 Å². The third-order valence-electron chi connectivity index (χ3n) is 2.97. The second-order valence-electron chi connectivity index (χ2n) is 4.59. The van der Waals surface area contributed by atoms with Crippen molar-refractivity contribution < 1.29 is 14.7 Å². The first-order chi connectivity index (χ1) is 10.5. The molecule has 2 aromatic rings. The SMILES string of the molecule is Cc1ccc(C(=O)N/N=C/c2ccc(C(=O)O)cc2)cc1Cl. The van der Waals surface area contributed by atoms with Crippen LogP contribution in [0.4, 0.5) is 0 Å². The zero-order valence-electron chi connectivity index (χ0n) is 11.7. The number of rotatable bonds is 4. The van der Waals surface area contributed by atoms with E-state index in [9.17, 15) is 9.59 Å². The standard InChI is InChI=1S/C16H13ClN2O3/c1-10-2-5-13(8-14(10)17)15(20)19-18-9-11-3-6-12(7-4-11)16(21)22/h2-9H,1H3,(H,19,20)(H,21,22)/b18-9+. The molecule has 0 aromatic heterocycles. The summed E-state index contributed by atoms with van der Waals surface area (Å²) in [6, 6.07) is 11.1. The molecule has 0 unspecified atom stereocenters. The summed E-state index contributed by atoms with van der Waals surface area (Å²) in [5.74, 6) is -1.37. The van der Waals surface area contributed by atoms with Gasteiger partial charge >= 0.3 is 5.97 Å². The van der Waals surface area contributed by atoms with Crippen LogP contribution in [0.15, 0.2) is 47.6 Å². The van der Waals surface area contributed by atoms with Gasteiger partial charge in [0.2, 0.25) is 0 Å². The lowest BCUT2D eigenvalue weighted by Crippen LogP contribution is -2.17. The first-order valence-corrected chi connectivity index (χ1v) is 6.78. The topological polar surface area (TPSA) is 78.8 Å². The summed E-state index contributed by atoms with van der Waals surface area (Å²) >= 11 is 5.96. The Kier molecular flexibility index (Phi) is 4.91. The van der Waals surface area contributed by atoms with E-state index < -0.39 is 5.97 Å². The van der Waals surface area contributed by atoms with Crippen molar-refractivity contribution >= 4 is 29.7 Å². The maximum atomic E-state index is 11.9. The Balaban J connectivity index is 2.00. The third kappa shape index (κ3) is 3.93. The number of carbonyl (C=O) groups is 2. The van der Waals surface area contributed by atoms with Gasteiger partial charge in [-0.3, -0.25) is 4.79 Å². The van der Waals surface area contributed by atoms with Crippen LogP contribution >= 0.6 is 11.6 Å². The maximum Gasteiger partial charge on any atom is 0.335 e. The number of amides is 1. The van der Waals surface area contributed by atoms with Gasteiger partial charge in [0.25, 0.3) is 5.91 Å². The van der Waals surface area contributed by atoms with Crippen LogP contribution < -0.4 is 5.43 Å². The van der Waals surface area contributed by atoms with E-state index in [1.807, 2.05) is 6.92 Å². The molecular formula is C16H13ClN2O3. The van der Waals surface area contributed by atoms with Gasteiger partial charge in [0.05, 0.1) is 11.8 Å². The van der Waals surface area contributed by atoms with Gasteiger partial charge in [0.1, 0.15) is 0 Å². The van der Waals surface area contributed by atoms with Crippen LogP contribution in [-0.4, -0.2) is 23.2 Å². The molecule has 2 aromatic carbocycles. The molecule has 0 aliphatic rings. The summed E-state index contributed by atoms with van der Waals surface area (Å²) in [4.78, 5) is 22.6. The van der Waals surface area contributed by atoms with Gasteiger partial charge in [-0.05, 0) is 42.3 Å². The predicted octanol–water partition coefficient (Wildman–Crippen LogP) is 3.11. The molecule has 0 spiro atoms. The first kappa shape index (κ1) is 15.7. The lowest BCUT2D eigenvalue weighted by Gasteiger charge is -2.02. The van der Waals surface area contributed by atoms with Gasteiger partial charge < -0.3 is 5.11 Å². The molecule has 6 heteroatoms. The Morgan fingerprint density at radius 1 is 1.14 bits per heavy atom. The van der Waals surface area contributed by atoms with Crippen molar-refractivity contribution in [3.63, 3.8) is 0 Å². The van der Waals surface area contributed by atoms with Crippen LogP contribution in [0, 0.1) is 6.92 Å². The number of halogens is 1. The van der Waals surface area contributed by atoms with Gasteiger partial charge in [0, 0.05) is 10.6 Å². The van der Waals surface area contributed by atoms with Gasteiger partial charge in [0.15, 0.2) is 0 Å². The second kappa shape index (κ2) is 6.87. The van der Waals surface area contributed by atoms with Crippen molar-refractivity contribution in [2.45, 2.75) is 6.92 Å². The maximum absolute atomic E-state index is 11.9. The van der Waals surface area contributed by atoms with Crippen LogP contribution in [0.25, 0.3) is 0 Å². The summed E-state index contributed by atoms with van der Waals surface area (Å²) in [5, 5.41) is 13.1. The molecule has 0 fully saturated rings. The lowest BCUT2D eigenvalue weighted by atomic mass is 10.1. The number of carbonyl (C=O) groups excluding carboxylic acids is 1. The number of aryl methyl sites for hydroxylation is 1. The Morgan fingerprint density at radius 3 is 2.36 bits per heavy atom. The quantitative estimate of drug-likeness (QED) is 0.672. The summed E-state index contributed by atoms with van der Waals surface area (Å²) in [7, 11) is 0. The molecule has 2 rings (SSSR count). The summed E-state index contributed by atoms with van der Waals surface area (Å²) in [5.41, 5.74) is 4.55. The molecule has 0 bridgehead atoms. The largest absolute Gasteiger partial charge is 0.478 e. The zero-order chi connectivity index (χ0) is 16.1. The minimum Gasteiger partial charge on any atom is -0.478 e. The third-order valence-corrected chi connectivity index (χ3v) is 3.38. The normalized spacial score (nSPS) is 10.6. The first-order valence-electron chi connectivity index (χ1n) is 6.40. The van der Waals surface area contributed by atoms with Crippen LogP contribution in [0.3, 0.4) is 0 Å². The Labute approximate surface area is 132 Å². The van der Waals surface area contributed by atoms with E-state index in [4.69, 9.17) is 16.7 Å². The van der Waals surface area contributed by atoms with E-state index in [-0.39, 0.29) is 11.5 Å². The summed E-state index contributed by atoms with van der Waals surface area (Å²) in [6.07, 6.45) is 1.43. The molecule has 0 saturated carbocycles. The van der Waals surface area contributed by atoms with E-state index in [0.717, 1.165) is 5.56 Å². The number of carboxylic acid groups (broad SMARTS) is 1. The summed E-state index contributed by atoms with van der Waals surface area (Å²) in [6.45, 7) is 1.85. The number of aromatic carboxylic acids is 1. The van der Waals surface area contributed by atoms with Gasteiger partial charge in [-0.25, -0.2) is 10.2 Å². The average Bonchev–Trinajstić information content (AvgIpc) is 2.50. The highest BCUT2D eigenvalue weighted by Crippen LogP contribution is 2.16. The molecule has 2 N–H and O–H groups in total. The van der Waals surface area contributed by atoms with Crippen LogP contribution in [0.2, 0.25) is 5.02 Å². The minimum atomic E-state index is -0.993. The van der Waals surface area contributed by atoms with Gasteiger partial charge in [-0.1, -0.05) is 29.8 Å². The van der Waals surface area contributed by atoms with E-state index in [2.05, 4.69) is 10.5 Å². The molecular weight excluding hydrogens is 304 g/mol. The highest BCUT2D eigenvalue weighted by atomic mass is 35.5. The van der Waals surface area contributed by atoms with Gasteiger partial charge in [-0.2, -0.15) is 5.10 Å². The molecule has 0 atom stereocenters. The molecule has 0 aliphatic carbocycles. The average molecular weight is 317 g/mol. The fraction of sp³-hybridized carbons (Fsp3) is 0.0625. The number of benzene rings is 2. The van der Waals surface area contributed by atoms with Crippen LogP contribution in [0.5, 0.6) is 0 Å². The van der Waals surface area contributed by atoms with E-state index in [1.165, 1.54) is 18.3 Å². The van der Waals surface area contributed by atoms with Crippen LogP contribution in [0.1, 0.15) is 31.8 Å². The fourth-order valence-corrected chi connectivity index (χ4v) is 1.86. The number of nitrogens with one attached hydrogen (secondary N) is 1. The number of carboxylic acids is 1. The van der Waals surface area contributed by atoms with Crippen molar-refractivity contribution in [3.05, 3.63) is 69.7 Å². The number of hydrogen-bond acceptors (Lipinski definition) is 3. The molecule has 5 nitrogen and oxygen atoms in total. The smallest absolute Gasteiger partial charge is 0.335 e. The van der Waals surface area contributed by atoms with E-state index in [1.54, 1.807) is 30.3 Å². The molecule has 0 heterocycles. The molecule has 1 amide bonds. The molecule has 112 valence electrons. The molecule has 0 saturated heterocycles. The summed E-state index contributed by atoms with van der Waals surface area (Å²) < 4.78 is 0. The number of hydrogen-bond donors (Lipinski definition) is 2. The Bertz CT molecular complexity index is 740. The number of nitrogens with zero attached hydrogens (tertiary/aromatic N) is 1. The van der Waals surface area contributed by atoms with Gasteiger partial charge in [-0.15, -0.1) is 0 Å². The number of hydrazone groups is 1. The Morgan fingerprint density at radius 2 is 1.77 bits per heavy atom. The minimum absolute atomic E-state index is 0.190. The van der Waals surface area contributed by atoms with E-state index in [0.29, 0.717) is 16.1 Å². The zero-order valence-corrected chi connectivity index (χ0v) is 12.5. The molecule has 0 aliphatic heterocycles. The highest BCUT2D eigenvalue weighted by molar-refractivity contribution is 6.31. The van der Waals surface area contributed by atoms with Crippen molar-refractivity contribution in [2.75, 3.05) is 0 Å². The molecule has 0 radical (unpaired) electrons. The second-order valence-corrected chi connectivity index (χ2v) is 5.00. The van der Waals surface area contributed by atoms with Crippen molar-refractivity contribution in [1.82, 2.24) is 5.43 Å². The Hall–Kier alpha value is -2.66. The van der Waals surface area contributed by atoms with Crippen LogP contribution in [-0.2, 0) is 0 Å². The lowest BCUT2D eigenvalue weighted by molar-refractivity contribution is 0.0696. The highest BCUT2D eigenvalue weighted by Gasteiger charge is 2.06. The monoisotopic (exact) mass is 316 g/mol. The van der Waals surface area contributed by atoms with Crippen molar-refractivity contribution in [2.24, 2.45) is 5.10 Å². The fourth-order valence-electron chi connectivity index (χ4n) is 1.68. The van der Waals surface area contributed by atoms with E-state index >= 15 is 0 Å². The van der Waals surface area contributed by atoms with Crippen molar-refractivity contribution in [1.29, 1.82) is 0 Å².